The van der Waals surface area contributed by atoms with E-state index in [1.54, 1.807) is 11.9 Å². The summed E-state index contributed by atoms with van der Waals surface area (Å²) in [5.41, 5.74) is 3.90. The molecule has 1 aromatic rings. The molecule has 88 valence electrons. The van der Waals surface area contributed by atoms with E-state index in [9.17, 15) is 4.79 Å². The zero-order valence-corrected chi connectivity index (χ0v) is 10.6. The first-order valence-electron chi connectivity index (χ1n) is 5.61. The number of likely N-dealkylation sites (N-methyl/N-ethyl adjacent to an activating group) is 1. The van der Waals surface area contributed by atoms with Gasteiger partial charge in [-0.2, -0.15) is 0 Å². The molecule has 0 bridgehead atoms. The normalized spacial score (nSPS) is 17.9. The average Bonchev–Trinajstić information content (AvgIpc) is 2.52. The molecular formula is C14H16N2O. The van der Waals surface area contributed by atoms with Gasteiger partial charge in [0.2, 0.25) is 0 Å². The Labute approximate surface area is 101 Å². The van der Waals surface area contributed by atoms with Crippen LogP contribution in [0.15, 0.2) is 28.9 Å². The Morgan fingerprint density at radius 3 is 2.53 bits per heavy atom. The van der Waals surface area contributed by atoms with Crippen molar-refractivity contribution in [3.63, 3.8) is 0 Å². The summed E-state index contributed by atoms with van der Waals surface area (Å²) in [5.74, 6) is 0.704. The van der Waals surface area contributed by atoms with E-state index in [-0.39, 0.29) is 5.91 Å². The number of hydrogen-bond acceptors (Lipinski definition) is 2. The maximum atomic E-state index is 11.9. The number of benzene rings is 1. The fourth-order valence-electron chi connectivity index (χ4n) is 1.77. The molecule has 0 spiro atoms. The molecule has 0 saturated carbocycles. The topological polar surface area (TPSA) is 32.7 Å². The van der Waals surface area contributed by atoms with Crippen molar-refractivity contribution in [1.82, 2.24) is 4.90 Å². The van der Waals surface area contributed by atoms with E-state index in [2.05, 4.69) is 23.2 Å². The smallest absolute Gasteiger partial charge is 0.277 e. The Balaban J connectivity index is 2.44. The Kier molecular flexibility index (Phi) is 2.84. The third-order valence-electron chi connectivity index (χ3n) is 3.02. The molecule has 1 heterocycles. The summed E-state index contributed by atoms with van der Waals surface area (Å²) in [5, 5.41) is 0. The second kappa shape index (κ2) is 4.17. The van der Waals surface area contributed by atoms with Crippen LogP contribution in [0, 0.1) is 13.8 Å². The number of hydrogen-bond donors (Lipinski definition) is 0. The third kappa shape index (κ3) is 2.13. The van der Waals surface area contributed by atoms with E-state index >= 15 is 0 Å². The van der Waals surface area contributed by atoms with Gasteiger partial charge in [0, 0.05) is 7.05 Å². The van der Waals surface area contributed by atoms with Crippen molar-refractivity contribution in [2.24, 2.45) is 4.99 Å². The van der Waals surface area contributed by atoms with Gasteiger partial charge in [-0.1, -0.05) is 23.8 Å². The van der Waals surface area contributed by atoms with E-state index in [4.69, 9.17) is 0 Å². The highest BCUT2D eigenvalue weighted by atomic mass is 16.2. The first-order valence-corrected chi connectivity index (χ1v) is 5.61. The van der Waals surface area contributed by atoms with Crippen molar-refractivity contribution in [2.75, 3.05) is 7.05 Å². The monoisotopic (exact) mass is 228 g/mol. The number of carbonyl (C=O) groups excluding carboxylic acids is 1. The van der Waals surface area contributed by atoms with Gasteiger partial charge in [0.1, 0.15) is 11.5 Å². The summed E-state index contributed by atoms with van der Waals surface area (Å²) in [6, 6.07) is 6.19. The van der Waals surface area contributed by atoms with Gasteiger partial charge in [0.05, 0.1) is 0 Å². The molecule has 0 saturated heterocycles. The Morgan fingerprint density at radius 2 is 1.94 bits per heavy atom. The van der Waals surface area contributed by atoms with Crippen LogP contribution in [0.3, 0.4) is 0 Å². The molecule has 1 aliphatic heterocycles. The highest BCUT2D eigenvalue weighted by Gasteiger charge is 2.23. The number of nitrogens with zero attached hydrogens (tertiary/aromatic N) is 2. The van der Waals surface area contributed by atoms with Crippen LogP contribution in [0.4, 0.5) is 0 Å². The lowest BCUT2D eigenvalue weighted by molar-refractivity contribution is -0.121. The first-order chi connectivity index (χ1) is 7.99. The summed E-state index contributed by atoms with van der Waals surface area (Å²) < 4.78 is 0. The molecule has 17 heavy (non-hydrogen) atoms. The molecule has 1 aromatic carbocycles. The van der Waals surface area contributed by atoms with Gasteiger partial charge in [0.15, 0.2) is 0 Å². The summed E-state index contributed by atoms with van der Waals surface area (Å²) in [4.78, 5) is 17.7. The number of aliphatic imine (C=N–C) groups is 1. The maximum absolute atomic E-state index is 11.9. The highest BCUT2D eigenvalue weighted by molar-refractivity contribution is 6.13. The summed E-state index contributed by atoms with van der Waals surface area (Å²) in [6.45, 7) is 5.91. The van der Waals surface area contributed by atoms with E-state index in [1.807, 2.05) is 26.8 Å². The minimum atomic E-state index is -0.0385. The van der Waals surface area contributed by atoms with Gasteiger partial charge in [0.25, 0.3) is 5.91 Å². The molecule has 0 atom stereocenters. The average molecular weight is 228 g/mol. The lowest BCUT2D eigenvalue weighted by atomic mass is 10.0. The van der Waals surface area contributed by atoms with Crippen LogP contribution in [0.1, 0.15) is 23.6 Å². The first kappa shape index (κ1) is 11.6. The molecule has 1 aliphatic rings. The van der Waals surface area contributed by atoms with Crippen molar-refractivity contribution in [3.8, 4) is 0 Å². The predicted molar refractivity (Wildman–Crippen MR) is 69.8 cm³/mol. The number of rotatable bonds is 1. The van der Waals surface area contributed by atoms with E-state index < -0.39 is 0 Å². The van der Waals surface area contributed by atoms with Crippen molar-refractivity contribution in [3.05, 3.63) is 40.6 Å². The molecule has 0 fully saturated rings. The standard InChI is InChI=1S/C14H16N2O/c1-9-5-6-10(2)12(7-9)8-13-14(17)16(4)11(3)15-13/h5-8H,1-4H3/b13-8-. The Bertz CT molecular complexity index is 541. The van der Waals surface area contributed by atoms with Gasteiger partial charge < -0.3 is 0 Å². The molecule has 3 heteroatoms. The maximum Gasteiger partial charge on any atom is 0.277 e. The largest absolute Gasteiger partial charge is 0.298 e. The fourth-order valence-corrected chi connectivity index (χ4v) is 1.77. The second-order valence-corrected chi connectivity index (χ2v) is 4.41. The molecule has 3 nitrogen and oxygen atoms in total. The van der Waals surface area contributed by atoms with Gasteiger partial charge in [-0.05, 0) is 38.0 Å². The van der Waals surface area contributed by atoms with E-state index in [0.717, 1.165) is 17.0 Å². The van der Waals surface area contributed by atoms with E-state index in [1.165, 1.54) is 5.56 Å². The number of amides is 1. The molecule has 1 amide bonds. The van der Waals surface area contributed by atoms with Crippen molar-refractivity contribution < 1.29 is 4.79 Å². The minimum absolute atomic E-state index is 0.0385. The van der Waals surface area contributed by atoms with Crippen molar-refractivity contribution in [2.45, 2.75) is 20.8 Å². The number of aryl methyl sites for hydroxylation is 2. The third-order valence-corrected chi connectivity index (χ3v) is 3.02. The van der Waals surface area contributed by atoms with Crippen LogP contribution >= 0.6 is 0 Å². The van der Waals surface area contributed by atoms with Crippen molar-refractivity contribution in [1.29, 1.82) is 0 Å². The molecular weight excluding hydrogens is 212 g/mol. The minimum Gasteiger partial charge on any atom is -0.298 e. The molecule has 0 unspecified atom stereocenters. The lowest BCUT2D eigenvalue weighted by Crippen LogP contribution is -2.25. The summed E-state index contributed by atoms with van der Waals surface area (Å²) >= 11 is 0. The Hall–Kier alpha value is -1.90. The quantitative estimate of drug-likeness (QED) is 0.680. The van der Waals surface area contributed by atoms with Gasteiger partial charge in [-0.3, -0.25) is 9.69 Å². The fraction of sp³-hybridized carbons (Fsp3) is 0.286. The molecule has 0 aromatic heterocycles. The molecule has 0 aliphatic carbocycles. The lowest BCUT2D eigenvalue weighted by Gasteiger charge is -2.06. The van der Waals surface area contributed by atoms with Gasteiger partial charge in [-0.25, -0.2) is 4.99 Å². The Morgan fingerprint density at radius 1 is 1.24 bits per heavy atom. The zero-order chi connectivity index (χ0) is 12.6. The van der Waals surface area contributed by atoms with Crippen molar-refractivity contribution >= 4 is 17.8 Å². The second-order valence-electron chi connectivity index (χ2n) is 4.41. The summed E-state index contributed by atoms with van der Waals surface area (Å²) in [7, 11) is 1.74. The molecule has 0 N–H and O–H groups in total. The van der Waals surface area contributed by atoms with Gasteiger partial charge in [-0.15, -0.1) is 0 Å². The highest BCUT2D eigenvalue weighted by Crippen LogP contribution is 2.19. The number of amidine groups is 1. The molecule has 0 radical (unpaired) electrons. The van der Waals surface area contributed by atoms with E-state index in [0.29, 0.717) is 5.70 Å². The van der Waals surface area contributed by atoms with Crippen LogP contribution in [0.25, 0.3) is 6.08 Å². The van der Waals surface area contributed by atoms with Crippen LogP contribution in [-0.2, 0) is 4.79 Å². The van der Waals surface area contributed by atoms with Crippen LogP contribution in [0.5, 0.6) is 0 Å². The summed E-state index contributed by atoms with van der Waals surface area (Å²) in [6.07, 6.45) is 1.86. The zero-order valence-electron chi connectivity index (χ0n) is 10.6. The van der Waals surface area contributed by atoms with Gasteiger partial charge >= 0.3 is 0 Å². The molecule has 2 rings (SSSR count). The SMILES string of the molecule is CC1=N/C(=C\c2cc(C)ccc2C)C(=O)N1C. The van der Waals surface area contributed by atoms with Crippen LogP contribution in [0.2, 0.25) is 0 Å². The van der Waals surface area contributed by atoms with Crippen LogP contribution in [-0.4, -0.2) is 23.7 Å². The van der Waals surface area contributed by atoms with Crippen LogP contribution < -0.4 is 0 Å². The number of carbonyl (C=O) groups is 1. The predicted octanol–water partition coefficient (Wildman–Crippen LogP) is 2.53.